The molecule has 0 atom stereocenters. The van der Waals surface area contributed by atoms with Crippen molar-refractivity contribution in [2.75, 3.05) is 26.7 Å². The maximum Gasteiger partial charge on any atom is 0.231 e. The van der Waals surface area contributed by atoms with Crippen LogP contribution in [-0.4, -0.2) is 37.5 Å². The predicted molar refractivity (Wildman–Crippen MR) is 40.7 cm³/mol. The van der Waals surface area contributed by atoms with Gasteiger partial charge in [-0.2, -0.15) is 0 Å². The highest BCUT2D eigenvalue weighted by molar-refractivity contribution is 5.75. The van der Waals surface area contributed by atoms with Crippen molar-refractivity contribution in [1.82, 2.24) is 4.90 Å². The van der Waals surface area contributed by atoms with Crippen LogP contribution >= 0.6 is 0 Å². The highest BCUT2D eigenvalue weighted by atomic mass is 16.1. The zero-order chi connectivity index (χ0) is 8.69. The zero-order valence-electron chi connectivity index (χ0n) is 6.40. The van der Waals surface area contributed by atoms with Crippen LogP contribution in [0.5, 0.6) is 0 Å². The van der Waals surface area contributed by atoms with Gasteiger partial charge in [0.15, 0.2) is 0 Å². The number of nitrogens with two attached hydrogens (primary N) is 1. The SMILES string of the molecule is CN(CCN=[N+]=[N-])CC(N)=O. The van der Waals surface area contributed by atoms with Crippen molar-refractivity contribution in [3.8, 4) is 0 Å². The van der Waals surface area contributed by atoms with E-state index in [1.165, 1.54) is 0 Å². The van der Waals surface area contributed by atoms with E-state index >= 15 is 0 Å². The lowest BCUT2D eigenvalue weighted by Gasteiger charge is -2.11. The van der Waals surface area contributed by atoms with E-state index in [1.807, 2.05) is 0 Å². The number of carbonyl (C=O) groups excluding carboxylic acids is 1. The first kappa shape index (κ1) is 9.74. The summed E-state index contributed by atoms with van der Waals surface area (Å²) in [5, 5.41) is 3.31. The smallest absolute Gasteiger partial charge is 0.231 e. The summed E-state index contributed by atoms with van der Waals surface area (Å²) in [6, 6.07) is 0. The molecule has 0 fully saturated rings. The topological polar surface area (TPSA) is 95.1 Å². The lowest BCUT2D eigenvalue weighted by atomic mass is 10.5. The second kappa shape index (κ2) is 5.52. The molecule has 0 aliphatic carbocycles. The number of likely N-dealkylation sites (N-methyl/N-ethyl adjacent to an activating group) is 1. The van der Waals surface area contributed by atoms with Crippen LogP contribution in [0.1, 0.15) is 0 Å². The Balaban J connectivity index is 3.44. The van der Waals surface area contributed by atoms with E-state index in [1.54, 1.807) is 11.9 Å². The Morgan fingerprint density at radius 1 is 1.82 bits per heavy atom. The molecular weight excluding hydrogens is 146 g/mol. The molecule has 11 heavy (non-hydrogen) atoms. The standard InChI is InChI=1S/C5H11N5O/c1-10(4-5(6)11)3-2-8-9-7/h2-4H2,1H3,(H2,6,11). The van der Waals surface area contributed by atoms with Crippen LogP contribution in [0.4, 0.5) is 0 Å². The molecule has 0 aliphatic rings. The van der Waals surface area contributed by atoms with E-state index in [9.17, 15) is 4.79 Å². The minimum absolute atomic E-state index is 0.195. The number of primary amides is 1. The van der Waals surface area contributed by atoms with Crippen LogP contribution in [0.2, 0.25) is 0 Å². The van der Waals surface area contributed by atoms with Crippen LogP contribution in [0, 0.1) is 0 Å². The van der Waals surface area contributed by atoms with Crippen LogP contribution in [0.25, 0.3) is 10.4 Å². The number of rotatable bonds is 5. The summed E-state index contributed by atoms with van der Waals surface area (Å²) in [7, 11) is 1.73. The molecule has 0 aromatic heterocycles. The van der Waals surface area contributed by atoms with Gasteiger partial charge in [0.1, 0.15) is 0 Å². The molecule has 0 aromatic carbocycles. The van der Waals surface area contributed by atoms with Crippen molar-refractivity contribution in [3.05, 3.63) is 10.4 Å². The summed E-state index contributed by atoms with van der Waals surface area (Å²) < 4.78 is 0. The van der Waals surface area contributed by atoms with E-state index in [-0.39, 0.29) is 12.5 Å². The summed E-state index contributed by atoms with van der Waals surface area (Å²) in [6.07, 6.45) is 0. The number of hydrogen-bond donors (Lipinski definition) is 1. The number of nitrogens with zero attached hydrogens (tertiary/aromatic N) is 4. The van der Waals surface area contributed by atoms with Crippen molar-refractivity contribution in [3.63, 3.8) is 0 Å². The van der Waals surface area contributed by atoms with Gasteiger partial charge in [-0.15, -0.1) is 0 Å². The van der Waals surface area contributed by atoms with E-state index in [2.05, 4.69) is 10.0 Å². The number of hydrogen-bond acceptors (Lipinski definition) is 3. The highest BCUT2D eigenvalue weighted by Gasteiger charge is 1.99. The van der Waals surface area contributed by atoms with Gasteiger partial charge in [0.05, 0.1) is 6.54 Å². The van der Waals surface area contributed by atoms with Crippen molar-refractivity contribution in [1.29, 1.82) is 0 Å². The quantitative estimate of drug-likeness (QED) is 0.337. The molecule has 0 aliphatic heterocycles. The Labute approximate surface area is 64.6 Å². The molecule has 0 unspecified atom stereocenters. The van der Waals surface area contributed by atoms with Crippen molar-refractivity contribution >= 4 is 5.91 Å². The minimum atomic E-state index is -0.381. The molecule has 0 saturated carbocycles. The number of carbonyl (C=O) groups is 1. The maximum absolute atomic E-state index is 10.3. The monoisotopic (exact) mass is 157 g/mol. The normalized spacial score (nSPS) is 9.27. The summed E-state index contributed by atoms with van der Waals surface area (Å²) in [5.41, 5.74) is 12.8. The second-order valence-corrected chi connectivity index (χ2v) is 2.16. The lowest BCUT2D eigenvalue weighted by molar-refractivity contribution is -0.118. The van der Waals surface area contributed by atoms with Gasteiger partial charge in [-0.05, 0) is 12.6 Å². The molecule has 2 N–H and O–H groups in total. The molecule has 0 aromatic rings. The highest BCUT2D eigenvalue weighted by Crippen LogP contribution is 1.81. The molecule has 1 amide bonds. The van der Waals surface area contributed by atoms with Gasteiger partial charge in [-0.3, -0.25) is 9.69 Å². The molecule has 0 radical (unpaired) electrons. The molecule has 0 spiro atoms. The van der Waals surface area contributed by atoms with Crippen LogP contribution in [-0.2, 0) is 4.79 Å². The lowest BCUT2D eigenvalue weighted by Crippen LogP contribution is -2.32. The fraction of sp³-hybridized carbons (Fsp3) is 0.800. The van der Waals surface area contributed by atoms with Gasteiger partial charge in [0.25, 0.3) is 0 Å². The third-order valence-electron chi connectivity index (χ3n) is 1.07. The van der Waals surface area contributed by atoms with Gasteiger partial charge in [0.2, 0.25) is 5.91 Å². The third kappa shape index (κ3) is 6.63. The minimum Gasteiger partial charge on any atom is -0.369 e. The largest absolute Gasteiger partial charge is 0.369 e. The first-order chi connectivity index (χ1) is 5.16. The van der Waals surface area contributed by atoms with E-state index in [4.69, 9.17) is 11.3 Å². The fourth-order valence-corrected chi connectivity index (χ4v) is 0.605. The van der Waals surface area contributed by atoms with Gasteiger partial charge >= 0.3 is 0 Å². The molecule has 0 heterocycles. The van der Waals surface area contributed by atoms with Crippen molar-refractivity contribution in [2.24, 2.45) is 10.8 Å². The molecule has 62 valence electrons. The molecule has 0 bridgehead atoms. The first-order valence-electron chi connectivity index (χ1n) is 3.14. The molecule has 0 saturated heterocycles. The van der Waals surface area contributed by atoms with Crippen LogP contribution in [0.15, 0.2) is 5.11 Å². The second-order valence-electron chi connectivity index (χ2n) is 2.16. The van der Waals surface area contributed by atoms with Gasteiger partial charge in [-0.1, -0.05) is 5.11 Å². The van der Waals surface area contributed by atoms with E-state index in [0.717, 1.165) is 0 Å². The Morgan fingerprint density at radius 3 is 2.91 bits per heavy atom. The fourth-order valence-electron chi connectivity index (χ4n) is 0.605. The molecule has 6 nitrogen and oxygen atoms in total. The van der Waals surface area contributed by atoms with E-state index < -0.39 is 0 Å². The Morgan fingerprint density at radius 2 is 2.45 bits per heavy atom. The summed E-state index contributed by atoms with van der Waals surface area (Å²) in [5.74, 6) is -0.381. The summed E-state index contributed by atoms with van der Waals surface area (Å²) in [4.78, 5) is 14.6. The van der Waals surface area contributed by atoms with Crippen molar-refractivity contribution < 1.29 is 4.79 Å². The average Bonchev–Trinajstić information content (AvgIpc) is 1.86. The summed E-state index contributed by atoms with van der Waals surface area (Å²) >= 11 is 0. The Kier molecular flexibility index (Phi) is 4.89. The number of azide groups is 1. The average molecular weight is 157 g/mol. The zero-order valence-corrected chi connectivity index (χ0v) is 6.40. The van der Waals surface area contributed by atoms with Crippen molar-refractivity contribution in [2.45, 2.75) is 0 Å². The number of amides is 1. The van der Waals surface area contributed by atoms with Crippen LogP contribution in [0.3, 0.4) is 0 Å². The third-order valence-corrected chi connectivity index (χ3v) is 1.07. The maximum atomic E-state index is 10.3. The summed E-state index contributed by atoms with van der Waals surface area (Å²) in [6.45, 7) is 1.11. The first-order valence-corrected chi connectivity index (χ1v) is 3.14. The predicted octanol–water partition coefficient (Wildman–Crippen LogP) is -0.286. The van der Waals surface area contributed by atoms with E-state index in [0.29, 0.717) is 13.1 Å². The Hall–Kier alpha value is -1.26. The van der Waals surface area contributed by atoms with Gasteiger partial charge < -0.3 is 5.73 Å². The van der Waals surface area contributed by atoms with Gasteiger partial charge in [0, 0.05) is 18.0 Å². The Bertz CT molecular complexity index is 174. The van der Waals surface area contributed by atoms with Gasteiger partial charge in [-0.25, -0.2) is 0 Å². The molecule has 6 heteroatoms. The molecule has 0 rings (SSSR count). The van der Waals surface area contributed by atoms with Crippen LogP contribution < -0.4 is 5.73 Å². The molecular formula is C5H11N5O.